The van der Waals surface area contributed by atoms with Gasteiger partial charge in [0.2, 0.25) is 0 Å². The number of carbonyl (C=O) groups excluding carboxylic acids is 1. The van der Waals surface area contributed by atoms with E-state index in [-0.39, 0.29) is 12.1 Å². The number of carbonyl (C=O) groups is 1. The van der Waals surface area contributed by atoms with Gasteiger partial charge in [-0.15, -0.1) is 0 Å². The molecule has 2 aliphatic rings. The fourth-order valence-electron chi connectivity index (χ4n) is 2.38. The van der Waals surface area contributed by atoms with Crippen molar-refractivity contribution in [3.05, 3.63) is 12.2 Å². The van der Waals surface area contributed by atoms with Crippen LogP contribution in [0.4, 0.5) is 0 Å². The second kappa shape index (κ2) is 2.92. The van der Waals surface area contributed by atoms with Gasteiger partial charge in [0.05, 0.1) is 0 Å². The number of rotatable bonds is 1. The first-order valence-corrected chi connectivity index (χ1v) is 4.61. The van der Waals surface area contributed by atoms with Crippen molar-refractivity contribution in [3.8, 4) is 0 Å². The zero-order valence-electron chi connectivity index (χ0n) is 7.32. The molecule has 3 atom stereocenters. The summed E-state index contributed by atoms with van der Waals surface area (Å²) in [5, 5.41) is 0. The van der Waals surface area contributed by atoms with Crippen LogP contribution in [-0.4, -0.2) is 12.1 Å². The summed E-state index contributed by atoms with van der Waals surface area (Å²) in [5.41, 5.74) is 0. The van der Waals surface area contributed by atoms with E-state index in [2.05, 4.69) is 12.2 Å². The van der Waals surface area contributed by atoms with Crippen molar-refractivity contribution in [2.75, 3.05) is 0 Å². The molecule has 0 bridgehead atoms. The second-order valence-electron chi connectivity index (χ2n) is 3.73. The van der Waals surface area contributed by atoms with E-state index in [4.69, 9.17) is 4.74 Å². The van der Waals surface area contributed by atoms with E-state index in [1.165, 1.54) is 19.8 Å². The molecule has 0 aliphatic heterocycles. The van der Waals surface area contributed by atoms with Crippen molar-refractivity contribution in [1.82, 2.24) is 0 Å². The standard InChI is InChI=1S/C10H14O2/c1-7(11)12-10-6-5-8-3-2-4-9(8)10/h2,4,8-10H,3,5-6H2,1H3/t8-,9-,10+/m1/s1. The highest BCUT2D eigenvalue weighted by Crippen LogP contribution is 2.41. The van der Waals surface area contributed by atoms with Crippen LogP contribution in [0.3, 0.4) is 0 Å². The predicted molar refractivity (Wildman–Crippen MR) is 45.5 cm³/mol. The maximum absolute atomic E-state index is 10.7. The molecule has 1 saturated carbocycles. The molecular formula is C10H14O2. The Kier molecular flexibility index (Phi) is 1.91. The average molecular weight is 166 g/mol. The van der Waals surface area contributed by atoms with Crippen molar-refractivity contribution >= 4 is 5.97 Å². The highest BCUT2D eigenvalue weighted by molar-refractivity contribution is 5.66. The van der Waals surface area contributed by atoms with Gasteiger partial charge in [0.1, 0.15) is 6.10 Å². The first-order chi connectivity index (χ1) is 5.77. The molecule has 0 aromatic heterocycles. The Bertz CT molecular complexity index is 220. The van der Waals surface area contributed by atoms with E-state index in [1.807, 2.05) is 0 Å². The molecule has 1 fully saturated rings. The SMILES string of the molecule is CC(=O)O[C@H]1CC[C@H]2CC=C[C@H]21. The Labute approximate surface area is 72.6 Å². The van der Waals surface area contributed by atoms with Crippen LogP contribution < -0.4 is 0 Å². The van der Waals surface area contributed by atoms with Crippen LogP contribution in [0.2, 0.25) is 0 Å². The lowest BCUT2D eigenvalue weighted by Gasteiger charge is -2.16. The number of allylic oxidation sites excluding steroid dienone is 1. The lowest BCUT2D eigenvalue weighted by Crippen LogP contribution is -2.20. The topological polar surface area (TPSA) is 26.3 Å². The number of esters is 1. The van der Waals surface area contributed by atoms with E-state index >= 15 is 0 Å². The zero-order chi connectivity index (χ0) is 8.55. The molecule has 2 aliphatic carbocycles. The summed E-state index contributed by atoms with van der Waals surface area (Å²) in [4.78, 5) is 10.7. The number of hydrogen-bond donors (Lipinski definition) is 0. The van der Waals surface area contributed by atoms with E-state index in [0.29, 0.717) is 5.92 Å². The molecule has 0 aromatic carbocycles. The van der Waals surface area contributed by atoms with Crippen molar-refractivity contribution < 1.29 is 9.53 Å². The van der Waals surface area contributed by atoms with Crippen LogP contribution in [0, 0.1) is 11.8 Å². The van der Waals surface area contributed by atoms with Gasteiger partial charge in [-0.25, -0.2) is 0 Å². The van der Waals surface area contributed by atoms with E-state index in [9.17, 15) is 4.79 Å². The Morgan fingerprint density at radius 3 is 3.08 bits per heavy atom. The molecule has 12 heavy (non-hydrogen) atoms. The van der Waals surface area contributed by atoms with Gasteiger partial charge in [-0.3, -0.25) is 4.79 Å². The van der Waals surface area contributed by atoms with Gasteiger partial charge in [0.15, 0.2) is 0 Å². The van der Waals surface area contributed by atoms with Gasteiger partial charge >= 0.3 is 5.97 Å². The summed E-state index contributed by atoms with van der Waals surface area (Å²) >= 11 is 0. The quantitative estimate of drug-likeness (QED) is 0.439. The minimum absolute atomic E-state index is 0.138. The molecule has 0 saturated heterocycles. The molecule has 2 heteroatoms. The fraction of sp³-hybridized carbons (Fsp3) is 0.700. The highest BCUT2D eigenvalue weighted by atomic mass is 16.5. The number of hydrogen-bond acceptors (Lipinski definition) is 2. The van der Waals surface area contributed by atoms with E-state index in [1.54, 1.807) is 0 Å². The minimum atomic E-state index is -0.138. The Morgan fingerprint density at radius 1 is 1.50 bits per heavy atom. The number of fused-ring (bicyclic) bond motifs is 1. The Balaban J connectivity index is 1.99. The zero-order valence-corrected chi connectivity index (χ0v) is 7.32. The molecule has 0 radical (unpaired) electrons. The minimum Gasteiger partial charge on any atom is -0.462 e. The van der Waals surface area contributed by atoms with E-state index in [0.717, 1.165) is 12.3 Å². The van der Waals surface area contributed by atoms with Crippen LogP contribution in [0.1, 0.15) is 26.2 Å². The smallest absolute Gasteiger partial charge is 0.302 e. The van der Waals surface area contributed by atoms with Crippen molar-refractivity contribution in [3.63, 3.8) is 0 Å². The summed E-state index contributed by atoms with van der Waals surface area (Å²) in [6.07, 6.45) is 8.05. The van der Waals surface area contributed by atoms with Crippen LogP contribution >= 0.6 is 0 Å². The third-order valence-electron chi connectivity index (χ3n) is 2.91. The van der Waals surface area contributed by atoms with Gasteiger partial charge in [-0.1, -0.05) is 12.2 Å². The van der Waals surface area contributed by atoms with Crippen molar-refractivity contribution in [2.24, 2.45) is 11.8 Å². The van der Waals surface area contributed by atoms with Crippen LogP contribution in [0.5, 0.6) is 0 Å². The van der Waals surface area contributed by atoms with Gasteiger partial charge in [0.25, 0.3) is 0 Å². The fourth-order valence-corrected chi connectivity index (χ4v) is 2.38. The average Bonchev–Trinajstić information content (AvgIpc) is 2.52. The van der Waals surface area contributed by atoms with Gasteiger partial charge in [-0.05, 0) is 25.2 Å². The molecule has 0 spiro atoms. The van der Waals surface area contributed by atoms with Crippen molar-refractivity contribution in [1.29, 1.82) is 0 Å². The lowest BCUT2D eigenvalue weighted by atomic mass is 9.99. The first-order valence-electron chi connectivity index (χ1n) is 4.61. The second-order valence-corrected chi connectivity index (χ2v) is 3.73. The molecule has 0 heterocycles. The Morgan fingerprint density at radius 2 is 2.33 bits per heavy atom. The molecular weight excluding hydrogens is 152 g/mol. The summed E-state index contributed by atoms with van der Waals surface area (Å²) < 4.78 is 5.23. The van der Waals surface area contributed by atoms with Crippen LogP contribution in [0.15, 0.2) is 12.2 Å². The highest BCUT2D eigenvalue weighted by Gasteiger charge is 2.37. The van der Waals surface area contributed by atoms with Crippen molar-refractivity contribution in [2.45, 2.75) is 32.3 Å². The van der Waals surface area contributed by atoms with E-state index < -0.39 is 0 Å². The molecule has 66 valence electrons. The molecule has 0 amide bonds. The molecule has 0 unspecified atom stereocenters. The molecule has 0 aromatic rings. The summed E-state index contributed by atoms with van der Waals surface area (Å²) in [7, 11) is 0. The monoisotopic (exact) mass is 166 g/mol. The first kappa shape index (κ1) is 7.84. The molecule has 0 N–H and O–H groups in total. The lowest BCUT2D eigenvalue weighted by molar-refractivity contribution is -0.147. The van der Waals surface area contributed by atoms with Gasteiger partial charge in [0, 0.05) is 12.8 Å². The Hall–Kier alpha value is -0.790. The van der Waals surface area contributed by atoms with Crippen LogP contribution in [0.25, 0.3) is 0 Å². The van der Waals surface area contributed by atoms with Gasteiger partial charge in [-0.2, -0.15) is 0 Å². The largest absolute Gasteiger partial charge is 0.462 e. The maximum Gasteiger partial charge on any atom is 0.302 e. The summed E-state index contributed by atoms with van der Waals surface area (Å²) in [6.45, 7) is 1.49. The summed E-state index contributed by atoms with van der Waals surface area (Å²) in [5.74, 6) is 1.14. The van der Waals surface area contributed by atoms with Crippen LogP contribution in [-0.2, 0) is 9.53 Å². The summed E-state index contributed by atoms with van der Waals surface area (Å²) in [6, 6.07) is 0. The maximum atomic E-state index is 10.7. The molecule has 2 rings (SSSR count). The normalized spacial score (nSPS) is 38.2. The third-order valence-corrected chi connectivity index (χ3v) is 2.91. The van der Waals surface area contributed by atoms with Gasteiger partial charge < -0.3 is 4.74 Å². The number of ether oxygens (including phenoxy) is 1. The molecule has 2 nitrogen and oxygen atoms in total. The predicted octanol–water partition coefficient (Wildman–Crippen LogP) is 1.90. The third kappa shape index (κ3) is 1.26.